The van der Waals surface area contributed by atoms with Gasteiger partial charge in [-0.3, -0.25) is 4.55 Å². The summed E-state index contributed by atoms with van der Waals surface area (Å²) in [7, 11) is 0. The molecule has 0 fully saturated rings. The van der Waals surface area contributed by atoms with Gasteiger partial charge in [-0.15, -0.1) is 0 Å². The van der Waals surface area contributed by atoms with Crippen molar-refractivity contribution in [1.29, 1.82) is 0 Å². The van der Waals surface area contributed by atoms with E-state index in [0.717, 1.165) is 16.3 Å². The van der Waals surface area contributed by atoms with Gasteiger partial charge in [0.1, 0.15) is 0 Å². The lowest BCUT2D eigenvalue weighted by molar-refractivity contribution is 0.281. The first-order valence-electron chi connectivity index (χ1n) is 4.70. The van der Waals surface area contributed by atoms with E-state index in [2.05, 4.69) is 0 Å². The summed E-state index contributed by atoms with van der Waals surface area (Å²) >= 11 is -2.20. The number of halogens is 1. The molecule has 1 rings (SSSR count). The molecule has 1 unspecified atom stereocenters. The zero-order chi connectivity index (χ0) is 11.1. The molecule has 0 spiro atoms. The molecule has 0 aliphatic rings. The number of benzene rings is 1. The Morgan fingerprint density at radius 3 is 2.53 bits per heavy atom. The number of alkyl halides is 1. The van der Waals surface area contributed by atoms with Crippen LogP contribution < -0.4 is 0 Å². The fourth-order valence-corrected chi connectivity index (χ4v) is 1.65. The van der Waals surface area contributed by atoms with E-state index in [-0.39, 0.29) is 6.54 Å². The normalized spacial score (nSPS) is 13.0. The summed E-state index contributed by atoms with van der Waals surface area (Å²) in [5.74, 6) is 0. The van der Waals surface area contributed by atoms with Crippen molar-refractivity contribution in [2.24, 2.45) is 0 Å². The maximum Gasteiger partial charge on any atom is 0.236 e. The highest BCUT2D eigenvalue weighted by Gasteiger charge is 2.09. The van der Waals surface area contributed by atoms with Crippen molar-refractivity contribution in [3.63, 3.8) is 0 Å². The Morgan fingerprint density at radius 2 is 2.00 bits per heavy atom. The molecule has 0 amide bonds. The lowest BCUT2D eigenvalue weighted by Crippen LogP contribution is -2.26. The minimum atomic E-state index is -2.20. The third-order valence-corrected chi connectivity index (χ3v) is 2.79. The van der Waals surface area contributed by atoms with Crippen LogP contribution in [0.3, 0.4) is 0 Å². The Bertz CT molecular complexity index is 308. The van der Waals surface area contributed by atoms with Gasteiger partial charge in [0.2, 0.25) is 11.3 Å². The van der Waals surface area contributed by atoms with Crippen molar-refractivity contribution in [3.05, 3.63) is 35.9 Å². The van der Waals surface area contributed by atoms with Crippen molar-refractivity contribution in [2.45, 2.75) is 12.8 Å². The zero-order valence-corrected chi connectivity index (χ0v) is 9.12. The fraction of sp³-hybridized carbons (Fsp3) is 0.400. The SMILES string of the molecule is O=S(O)N(CF)CCCc1ccccc1. The third-order valence-electron chi connectivity index (χ3n) is 2.07. The van der Waals surface area contributed by atoms with Crippen molar-refractivity contribution >= 4 is 11.3 Å². The molecule has 84 valence electrons. The molecule has 1 aromatic carbocycles. The smallest absolute Gasteiger partial charge is 0.236 e. The Kier molecular flexibility index (Phi) is 5.45. The zero-order valence-electron chi connectivity index (χ0n) is 8.30. The highest BCUT2D eigenvalue weighted by molar-refractivity contribution is 7.76. The van der Waals surface area contributed by atoms with Gasteiger partial charge in [0, 0.05) is 6.54 Å². The molecule has 0 radical (unpaired) electrons. The molecule has 15 heavy (non-hydrogen) atoms. The Hall–Kier alpha value is -0.780. The van der Waals surface area contributed by atoms with Crippen molar-refractivity contribution in [1.82, 2.24) is 4.31 Å². The van der Waals surface area contributed by atoms with Crippen molar-refractivity contribution in [2.75, 3.05) is 13.3 Å². The predicted octanol–water partition coefficient (Wildman–Crippen LogP) is 1.98. The minimum absolute atomic E-state index is 0.286. The second-order valence-electron chi connectivity index (χ2n) is 3.14. The second-order valence-corrected chi connectivity index (χ2v) is 4.12. The van der Waals surface area contributed by atoms with Crippen molar-refractivity contribution in [3.8, 4) is 0 Å². The van der Waals surface area contributed by atoms with Crippen LogP contribution in [-0.2, 0) is 17.7 Å². The summed E-state index contributed by atoms with van der Waals surface area (Å²) in [5, 5.41) is 0. The quantitative estimate of drug-likeness (QED) is 0.601. The fourth-order valence-electron chi connectivity index (χ4n) is 1.28. The van der Waals surface area contributed by atoms with Crippen LogP contribution in [0.1, 0.15) is 12.0 Å². The van der Waals surface area contributed by atoms with Gasteiger partial charge in [-0.25, -0.2) is 8.60 Å². The molecule has 0 aliphatic heterocycles. The van der Waals surface area contributed by atoms with E-state index >= 15 is 0 Å². The molecule has 3 nitrogen and oxygen atoms in total. The first kappa shape index (κ1) is 12.3. The summed E-state index contributed by atoms with van der Waals surface area (Å²) < 4.78 is 32.3. The Balaban J connectivity index is 2.30. The van der Waals surface area contributed by atoms with Gasteiger partial charge >= 0.3 is 0 Å². The van der Waals surface area contributed by atoms with Crippen LogP contribution in [0.25, 0.3) is 0 Å². The summed E-state index contributed by atoms with van der Waals surface area (Å²) in [6, 6.07) is 9.77. The standard InChI is InChI=1S/C10H14FNO2S/c11-9-12(15(13)14)8-4-7-10-5-2-1-3-6-10/h1-3,5-6H,4,7-9H2,(H,13,14). The molecule has 0 saturated heterocycles. The maximum atomic E-state index is 12.2. The van der Waals surface area contributed by atoms with E-state index in [0.29, 0.717) is 6.42 Å². The number of hydrogen-bond donors (Lipinski definition) is 1. The van der Waals surface area contributed by atoms with Gasteiger partial charge in [0.25, 0.3) is 0 Å². The Morgan fingerprint density at radius 1 is 1.33 bits per heavy atom. The van der Waals surface area contributed by atoms with Gasteiger partial charge in [-0.05, 0) is 18.4 Å². The van der Waals surface area contributed by atoms with Gasteiger partial charge in [-0.1, -0.05) is 30.3 Å². The van der Waals surface area contributed by atoms with E-state index in [1.807, 2.05) is 30.3 Å². The highest BCUT2D eigenvalue weighted by Crippen LogP contribution is 2.04. The highest BCUT2D eigenvalue weighted by atomic mass is 32.2. The number of aryl methyl sites for hydroxylation is 1. The first-order chi connectivity index (χ1) is 7.24. The summed E-state index contributed by atoms with van der Waals surface area (Å²) in [6.45, 7) is -0.605. The molecule has 1 atom stereocenters. The molecular formula is C10H14FNO2S. The van der Waals surface area contributed by atoms with Gasteiger partial charge in [0.05, 0.1) is 0 Å². The largest absolute Gasteiger partial charge is 0.294 e. The van der Waals surface area contributed by atoms with Gasteiger partial charge in [-0.2, -0.15) is 4.31 Å². The first-order valence-corrected chi connectivity index (χ1v) is 5.76. The molecule has 0 aromatic heterocycles. The van der Waals surface area contributed by atoms with E-state index in [9.17, 15) is 8.60 Å². The maximum absolute atomic E-state index is 12.2. The number of hydrogen-bond acceptors (Lipinski definition) is 1. The van der Waals surface area contributed by atoms with E-state index in [1.54, 1.807) is 0 Å². The number of nitrogens with zero attached hydrogens (tertiary/aromatic N) is 1. The molecular weight excluding hydrogens is 217 g/mol. The van der Waals surface area contributed by atoms with Crippen LogP contribution in [0, 0.1) is 0 Å². The van der Waals surface area contributed by atoms with Gasteiger partial charge < -0.3 is 0 Å². The lowest BCUT2D eigenvalue weighted by atomic mass is 10.1. The van der Waals surface area contributed by atoms with E-state index in [4.69, 9.17) is 4.55 Å². The summed E-state index contributed by atoms with van der Waals surface area (Å²) in [6.07, 6.45) is 1.45. The molecule has 1 N–H and O–H groups in total. The minimum Gasteiger partial charge on any atom is -0.294 e. The van der Waals surface area contributed by atoms with Crippen LogP contribution in [0.5, 0.6) is 0 Å². The van der Waals surface area contributed by atoms with Gasteiger partial charge in [0.15, 0.2) is 6.80 Å². The van der Waals surface area contributed by atoms with Crippen molar-refractivity contribution < 1.29 is 13.2 Å². The van der Waals surface area contributed by atoms with Crippen LogP contribution in [0.4, 0.5) is 4.39 Å². The predicted molar refractivity (Wildman–Crippen MR) is 58.2 cm³/mol. The van der Waals surface area contributed by atoms with Crippen LogP contribution in [0.15, 0.2) is 30.3 Å². The molecule has 0 heterocycles. The van der Waals surface area contributed by atoms with Crippen LogP contribution in [0.2, 0.25) is 0 Å². The third kappa shape index (κ3) is 4.51. The van der Waals surface area contributed by atoms with E-state index < -0.39 is 18.1 Å². The Labute approximate surface area is 91.3 Å². The molecule has 0 aliphatic carbocycles. The summed E-state index contributed by atoms with van der Waals surface area (Å²) in [5.41, 5.74) is 1.15. The molecule has 0 bridgehead atoms. The lowest BCUT2D eigenvalue weighted by Gasteiger charge is -2.12. The summed E-state index contributed by atoms with van der Waals surface area (Å²) in [4.78, 5) is 0. The second kappa shape index (κ2) is 6.66. The van der Waals surface area contributed by atoms with E-state index in [1.165, 1.54) is 0 Å². The topological polar surface area (TPSA) is 40.5 Å². The average molecular weight is 231 g/mol. The monoisotopic (exact) mass is 231 g/mol. The average Bonchev–Trinajstić information content (AvgIpc) is 2.25. The van der Waals surface area contributed by atoms with Crippen LogP contribution in [-0.4, -0.2) is 26.4 Å². The molecule has 0 saturated carbocycles. The molecule has 1 aromatic rings. The van der Waals surface area contributed by atoms with Crippen LogP contribution >= 0.6 is 0 Å². The number of rotatable bonds is 6. The molecule has 5 heteroatoms.